The first-order chi connectivity index (χ1) is 17.8. The standard InChI is InChI=1S/C31H26N2O3/c34-31(36-19-29-27-10-4-2-8-25(27)26-9-3-5-11-28(26)29)33-23-14-21(15-24(33)18-35-17-23)22-13-20-7-1-6-12-30(20)32-16-22/h1-14,16,23-24,29H,15,17-19H2. The third-order valence-corrected chi connectivity index (χ3v) is 7.71. The van der Waals surface area contributed by atoms with Crippen LogP contribution in [0.4, 0.5) is 4.79 Å². The maximum Gasteiger partial charge on any atom is 0.410 e. The average Bonchev–Trinajstić information content (AvgIpc) is 3.24. The molecule has 2 bridgehead atoms. The summed E-state index contributed by atoms with van der Waals surface area (Å²) in [5.74, 6) is 0.0528. The highest BCUT2D eigenvalue weighted by Gasteiger charge is 2.40. The summed E-state index contributed by atoms with van der Waals surface area (Å²) in [6, 6.07) is 27.0. The van der Waals surface area contributed by atoms with Crippen molar-refractivity contribution in [2.45, 2.75) is 24.4 Å². The minimum Gasteiger partial charge on any atom is -0.448 e. The molecule has 4 aromatic rings. The zero-order valence-electron chi connectivity index (χ0n) is 19.8. The molecule has 3 heterocycles. The van der Waals surface area contributed by atoms with E-state index in [0.717, 1.165) is 22.9 Å². The molecule has 5 heteroatoms. The Bertz CT molecular complexity index is 1470. The van der Waals surface area contributed by atoms with E-state index in [4.69, 9.17) is 9.47 Å². The molecule has 36 heavy (non-hydrogen) atoms. The topological polar surface area (TPSA) is 51.7 Å². The number of ether oxygens (including phenoxy) is 2. The predicted octanol–water partition coefficient (Wildman–Crippen LogP) is 6.04. The number of benzene rings is 3. The molecule has 5 nitrogen and oxygen atoms in total. The summed E-state index contributed by atoms with van der Waals surface area (Å²) in [6.45, 7) is 1.32. The molecular formula is C31H26N2O3. The normalized spacial score (nSPS) is 20.6. The van der Waals surface area contributed by atoms with Gasteiger partial charge in [0, 0.05) is 17.5 Å². The number of hydrogen-bond donors (Lipinski definition) is 0. The zero-order valence-corrected chi connectivity index (χ0v) is 19.8. The number of carbonyl (C=O) groups is 1. The smallest absolute Gasteiger partial charge is 0.410 e. The number of pyridine rings is 1. The third-order valence-electron chi connectivity index (χ3n) is 7.71. The number of nitrogens with zero attached hydrogens (tertiary/aromatic N) is 2. The molecule has 0 saturated carbocycles. The largest absolute Gasteiger partial charge is 0.448 e. The van der Waals surface area contributed by atoms with Gasteiger partial charge in [-0.3, -0.25) is 9.88 Å². The Balaban J connectivity index is 1.12. The van der Waals surface area contributed by atoms with Crippen molar-refractivity contribution >= 4 is 22.6 Å². The second-order valence-electron chi connectivity index (χ2n) is 9.78. The molecule has 3 aliphatic rings. The van der Waals surface area contributed by atoms with Crippen LogP contribution in [0.2, 0.25) is 0 Å². The Morgan fingerprint density at radius 2 is 1.67 bits per heavy atom. The SMILES string of the molecule is O=C(OCC1c2ccccc2-c2ccccc21)N1C2C=C(c3cnc4ccccc4c3)CC1COC2. The van der Waals surface area contributed by atoms with Crippen molar-refractivity contribution in [3.8, 4) is 11.1 Å². The Labute approximate surface area is 210 Å². The van der Waals surface area contributed by atoms with Gasteiger partial charge in [0.2, 0.25) is 0 Å². The molecule has 1 amide bonds. The van der Waals surface area contributed by atoms with Gasteiger partial charge in [0.1, 0.15) is 6.61 Å². The number of para-hydroxylation sites is 1. The van der Waals surface area contributed by atoms with E-state index in [0.29, 0.717) is 19.8 Å². The molecule has 178 valence electrons. The minimum atomic E-state index is -0.262. The molecule has 0 spiro atoms. The van der Waals surface area contributed by atoms with E-state index in [2.05, 4.69) is 71.7 Å². The summed E-state index contributed by atoms with van der Waals surface area (Å²) in [5.41, 5.74) is 8.22. The van der Waals surface area contributed by atoms with E-state index in [9.17, 15) is 4.79 Å². The van der Waals surface area contributed by atoms with Gasteiger partial charge in [0.25, 0.3) is 0 Å². The van der Waals surface area contributed by atoms with Gasteiger partial charge in [-0.05, 0) is 51.9 Å². The molecule has 2 aliphatic heterocycles. The molecular weight excluding hydrogens is 448 g/mol. The van der Waals surface area contributed by atoms with Crippen LogP contribution in [-0.4, -0.2) is 47.9 Å². The summed E-state index contributed by atoms with van der Waals surface area (Å²) < 4.78 is 11.8. The van der Waals surface area contributed by atoms with Crippen LogP contribution in [0.3, 0.4) is 0 Å². The summed E-state index contributed by atoms with van der Waals surface area (Å²) in [7, 11) is 0. The number of hydrogen-bond acceptors (Lipinski definition) is 4. The molecule has 3 aromatic carbocycles. The second-order valence-corrected chi connectivity index (χ2v) is 9.78. The molecule has 1 aliphatic carbocycles. The van der Waals surface area contributed by atoms with Crippen molar-refractivity contribution in [3.05, 3.63) is 108 Å². The zero-order chi connectivity index (χ0) is 24.1. The average molecular weight is 475 g/mol. The maximum atomic E-state index is 13.4. The van der Waals surface area contributed by atoms with Crippen LogP contribution in [0, 0.1) is 0 Å². The number of morpholine rings is 1. The number of aromatic nitrogens is 1. The predicted molar refractivity (Wildman–Crippen MR) is 140 cm³/mol. The van der Waals surface area contributed by atoms with Gasteiger partial charge in [-0.2, -0.15) is 0 Å². The van der Waals surface area contributed by atoms with E-state index in [-0.39, 0.29) is 24.1 Å². The molecule has 0 radical (unpaired) electrons. The second kappa shape index (κ2) is 8.61. The van der Waals surface area contributed by atoms with Gasteiger partial charge in [0.15, 0.2) is 0 Å². The summed E-state index contributed by atoms with van der Waals surface area (Å²) >= 11 is 0. The number of carbonyl (C=O) groups excluding carboxylic acids is 1. The van der Waals surface area contributed by atoms with Crippen LogP contribution in [0.5, 0.6) is 0 Å². The number of fused-ring (bicyclic) bond motifs is 6. The van der Waals surface area contributed by atoms with Crippen LogP contribution >= 0.6 is 0 Å². The first-order valence-electron chi connectivity index (χ1n) is 12.5. The fourth-order valence-corrected chi connectivity index (χ4v) is 6.01. The third kappa shape index (κ3) is 3.50. The lowest BCUT2D eigenvalue weighted by atomic mass is 9.90. The van der Waals surface area contributed by atoms with E-state index < -0.39 is 0 Å². The van der Waals surface area contributed by atoms with Crippen molar-refractivity contribution in [2.24, 2.45) is 0 Å². The fraction of sp³-hybridized carbons (Fsp3) is 0.226. The van der Waals surface area contributed by atoms with Crippen molar-refractivity contribution < 1.29 is 14.3 Å². The molecule has 2 unspecified atom stereocenters. The number of rotatable bonds is 3. The van der Waals surface area contributed by atoms with Crippen molar-refractivity contribution in [2.75, 3.05) is 19.8 Å². The summed E-state index contributed by atoms with van der Waals surface area (Å²) in [5, 5.41) is 1.12. The summed E-state index contributed by atoms with van der Waals surface area (Å²) in [4.78, 5) is 19.9. The van der Waals surface area contributed by atoms with Crippen LogP contribution in [-0.2, 0) is 9.47 Å². The van der Waals surface area contributed by atoms with E-state index in [1.54, 1.807) is 0 Å². The fourth-order valence-electron chi connectivity index (χ4n) is 6.01. The highest BCUT2D eigenvalue weighted by Crippen LogP contribution is 2.44. The minimum absolute atomic E-state index is 0.0501. The molecule has 1 saturated heterocycles. The number of amides is 1. The van der Waals surface area contributed by atoms with Gasteiger partial charge in [-0.25, -0.2) is 4.79 Å². The highest BCUT2D eigenvalue weighted by molar-refractivity contribution is 5.84. The molecule has 1 aromatic heterocycles. The Morgan fingerprint density at radius 3 is 2.44 bits per heavy atom. The molecule has 7 rings (SSSR count). The quantitative estimate of drug-likeness (QED) is 0.363. The van der Waals surface area contributed by atoms with E-state index >= 15 is 0 Å². The summed E-state index contributed by atoms with van der Waals surface area (Å²) in [6.07, 6.45) is 4.55. The monoisotopic (exact) mass is 474 g/mol. The van der Waals surface area contributed by atoms with Crippen molar-refractivity contribution in [1.82, 2.24) is 9.88 Å². The Kier molecular flexibility index (Phi) is 5.10. The first kappa shape index (κ1) is 21.3. The van der Waals surface area contributed by atoms with Gasteiger partial charge in [0.05, 0.1) is 30.8 Å². The Morgan fingerprint density at radius 1 is 0.944 bits per heavy atom. The molecule has 2 atom stereocenters. The van der Waals surface area contributed by atoms with Gasteiger partial charge < -0.3 is 9.47 Å². The van der Waals surface area contributed by atoms with Crippen LogP contribution in [0.1, 0.15) is 29.0 Å². The van der Waals surface area contributed by atoms with E-state index in [1.165, 1.54) is 27.8 Å². The lowest BCUT2D eigenvalue weighted by Gasteiger charge is -2.44. The van der Waals surface area contributed by atoms with Crippen molar-refractivity contribution in [1.29, 1.82) is 0 Å². The van der Waals surface area contributed by atoms with Crippen molar-refractivity contribution in [3.63, 3.8) is 0 Å². The lowest BCUT2D eigenvalue weighted by molar-refractivity contribution is -0.0331. The lowest BCUT2D eigenvalue weighted by Crippen LogP contribution is -2.56. The van der Waals surface area contributed by atoms with Crippen LogP contribution in [0.15, 0.2) is 91.1 Å². The first-order valence-corrected chi connectivity index (χ1v) is 12.5. The van der Waals surface area contributed by atoms with Crippen LogP contribution in [0.25, 0.3) is 27.6 Å². The molecule has 0 N–H and O–H groups in total. The van der Waals surface area contributed by atoms with Gasteiger partial charge in [-0.15, -0.1) is 0 Å². The van der Waals surface area contributed by atoms with Crippen LogP contribution < -0.4 is 0 Å². The van der Waals surface area contributed by atoms with Gasteiger partial charge in [-0.1, -0.05) is 72.8 Å². The maximum absolute atomic E-state index is 13.4. The van der Waals surface area contributed by atoms with Gasteiger partial charge >= 0.3 is 6.09 Å². The molecule has 1 fully saturated rings. The van der Waals surface area contributed by atoms with E-state index in [1.807, 2.05) is 29.3 Å². The Hall–Kier alpha value is -3.96. The highest BCUT2D eigenvalue weighted by atomic mass is 16.6.